The number of fused-ring (bicyclic) bond motifs is 1. The lowest BCUT2D eigenvalue weighted by Gasteiger charge is -2.30. The van der Waals surface area contributed by atoms with E-state index in [2.05, 4.69) is 44.9 Å². The second-order valence-electron chi connectivity index (χ2n) is 7.89. The Bertz CT molecular complexity index is 862. The molecule has 1 aromatic heterocycles. The minimum absolute atomic E-state index is 0.455. The van der Waals surface area contributed by atoms with Crippen LogP contribution >= 0.6 is 11.6 Å². The zero-order valence-corrected chi connectivity index (χ0v) is 17.7. The molecule has 2 aromatic rings. The van der Waals surface area contributed by atoms with E-state index < -0.39 is 0 Å². The quantitative estimate of drug-likeness (QED) is 0.664. The summed E-state index contributed by atoms with van der Waals surface area (Å²) < 4.78 is 5.12. The van der Waals surface area contributed by atoms with Gasteiger partial charge in [0.2, 0.25) is 0 Å². The second kappa shape index (κ2) is 9.70. The third kappa shape index (κ3) is 5.16. The molecular weight excluding hydrogens is 384 g/mol. The van der Waals surface area contributed by atoms with Crippen molar-refractivity contribution in [2.24, 2.45) is 4.99 Å². The first-order valence-corrected chi connectivity index (χ1v) is 10.9. The molecule has 0 bridgehead atoms. The molecule has 1 aromatic carbocycles. The SMILES string of the molecule is COCCNC1CCC(Nc2cc(-c3ccc4c(c3)CCN=C4)c(Cl)cn2)CC1. The molecule has 2 aliphatic rings. The Kier molecular flexibility index (Phi) is 6.80. The first-order valence-electron chi connectivity index (χ1n) is 10.5. The molecule has 2 N–H and O–H groups in total. The Morgan fingerprint density at radius 2 is 1.97 bits per heavy atom. The Balaban J connectivity index is 1.41. The van der Waals surface area contributed by atoms with E-state index in [-0.39, 0.29) is 0 Å². The minimum Gasteiger partial charge on any atom is -0.383 e. The van der Waals surface area contributed by atoms with E-state index in [1.54, 1.807) is 13.3 Å². The lowest BCUT2D eigenvalue weighted by molar-refractivity contribution is 0.191. The van der Waals surface area contributed by atoms with Crippen molar-refractivity contribution < 1.29 is 4.74 Å². The Morgan fingerprint density at radius 3 is 2.79 bits per heavy atom. The standard InChI is InChI=1S/C23H29ClN4O/c1-29-11-10-26-19-4-6-20(7-5-19)28-23-13-21(22(24)15-27-23)17-2-3-18-14-25-9-8-16(18)12-17/h2-3,12-15,19-20,26H,4-11H2,1H3,(H,27,28). The number of ether oxygens (including phenoxy) is 1. The minimum atomic E-state index is 0.455. The molecule has 1 aliphatic heterocycles. The van der Waals surface area contributed by atoms with Crippen LogP contribution in [0.25, 0.3) is 11.1 Å². The topological polar surface area (TPSA) is 58.5 Å². The normalized spacial score (nSPS) is 21.0. The number of benzene rings is 1. The number of nitrogens with one attached hydrogen (secondary N) is 2. The van der Waals surface area contributed by atoms with Crippen molar-refractivity contribution in [1.29, 1.82) is 0 Å². The summed E-state index contributed by atoms with van der Waals surface area (Å²) in [5, 5.41) is 7.89. The van der Waals surface area contributed by atoms with E-state index in [1.165, 1.54) is 24.0 Å². The zero-order valence-electron chi connectivity index (χ0n) is 17.0. The number of rotatable bonds is 7. The Hall–Kier alpha value is -1.95. The molecule has 1 fully saturated rings. The Morgan fingerprint density at radius 1 is 1.14 bits per heavy atom. The average molecular weight is 413 g/mol. The van der Waals surface area contributed by atoms with Gasteiger partial charge in [0, 0.05) is 50.3 Å². The molecule has 6 heteroatoms. The highest BCUT2D eigenvalue weighted by Crippen LogP contribution is 2.32. The first kappa shape index (κ1) is 20.3. The number of halogens is 1. The smallest absolute Gasteiger partial charge is 0.126 e. The number of aliphatic imine (C=N–C) groups is 1. The fourth-order valence-corrected chi connectivity index (χ4v) is 4.43. The number of nitrogens with zero attached hydrogens (tertiary/aromatic N) is 2. The molecule has 0 saturated heterocycles. The fourth-order valence-electron chi connectivity index (χ4n) is 4.22. The number of aromatic nitrogens is 1. The summed E-state index contributed by atoms with van der Waals surface area (Å²) in [5.41, 5.74) is 4.71. The van der Waals surface area contributed by atoms with Crippen LogP contribution in [-0.2, 0) is 11.2 Å². The summed E-state index contributed by atoms with van der Waals surface area (Å²) in [7, 11) is 1.74. The van der Waals surface area contributed by atoms with Gasteiger partial charge in [0.25, 0.3) is 0 Å². The molecule has 0 unspecified atom stereocenters. The van der Waals surface area contributed by atoms with E-state index in [1.807, 2.05) is 6.21 Å². The van der Waals surface area contributed by atoms with Crippen molar-refractivity contribution >= 4 is 23.6 Å². The van der Waals surface area contributed by atoms with Crippen molar-refractivity contribution in [3.05, 3.63) is 46.6 Å². The molecule has 0 atom stereocenters. The van der Waals surface area contributed by atoms with Gasteiger partial charge in [0.15, 0.2) is 0 Å². The molecule has 5 nitrogen and oxygen atoms in total. The van der Waals surface area contributed by atoms with Crippen molar-refractivity contribution in [3.63, 3.8) is 0 Å². The van der Waals surface area contributed by atoms with Gasteiger partial charge in [-0.1, -0.05) is 29.8 Å². The summed E-state index contributed by atoms with van der Waals surface area (Å²) in [4.78, 5) is 8.89. The van der Waals surface area contributed by atoms with Gasteiger partial charge in [0.05, 0.1) is 11.6 Å². The summed E-state index contributed by atoms with van der Waals surface area (Å²) in [5.74, 6) is 0.902. The maximum absolute atomic E-state index is 6.50. The molecule has 29 heavy (non-hydrogen) atoms. The van der Waals surface area contributed by atoms with Crippen molar-refractivity contribution in [1.82, 2.24) is 10.3 Å². The second-order valence-corrected chi connectivity index (χ2v) is 8.30. The molecular formula is C23H29ClN4O. The van der Waals surface area contributed by atoms with Crippen LogP contribution in [0.1, 0.15) is 36.8 Å². The number of pyridine rings is 1. The van der Waals surface area contributed by atoms with Crippen LogP contribution < -0.4 is 10.6 Å². The van der Waals surface area contributed by atoms with E-state index in [0.29, 0.717) is 17.1 Å². The summed E-state index contributed by atoms with van der Waals surface area (Å²) in [6.45, 7) is 2.55. The van der Waals surface area contributed by atoms with Gasteiger partial charge in [0.1, 0.15) is 5.82 Å². The van der Waals surface area contributed by atoms with E-state index in [4.69, 9.17) is 16.3 Å². The monoisotopic (exact) mass is 412 g/mol. The van der Waals surface area contributed by atoms with Crippen LogP contribution in [0.3, 0.4) is 0 Å². The van der Waals surface area contributed by atoms with Gasteiger partial charge in [-0.2, -0.15) is 0 Å². The summed E-state index contributed by atoms with van der Waals surface area (Å²) in [6.07, 6.45) is 9.34. The predicted octanol–water partition coefficient (Wildman–Crippen LogP) is 4.34. The van der Waals surface area contributed by atoms with E-state index in [0.717, 1.165) is 55.9 Å². The molecule has 0 amide bonds. The molecule has 0 spiro atoms. The van der Waals surface area contributed by atoms with Gasteiger partial charge >= 0.3 is 0 Å². The van der Waals surface area contributed by atoms with Crippen molar-refractivity contribution in [2.45, 2.75) is 44.2 Å². The molecule has 154 valence electrons. The van der Waals surface area contributed by atoms with Gasteiger partial charge in [-0.25, -0.2) is 4.98 Å². The molecule has 1 saturated carbocycles. The van der Waals surface area contributed by atoms with Crippen molar-refractivity contribution in [2.75, 3.05) is 32.1 Å². The van der Waals surface area contributed by atoms with E-state index in [9.17, 15) is 0 Å². The van der Waals surface area contributed by atoms with Gasteiger partial charge in [-0.05, 0) is 54.9 Å². The van der Waals surface area contributed by atoms with Gasteiger partial charge < -0.3 is 15.4 Å². The summed E-state index contributed by atoms with van der Waals surface area (Å²) in [6, 6.07) is 9.63. The van der Waals surface area contributed by atoms with Gasteiger partial charge in [-0.3, -0.25) is 4.99 Å². The average Bonchev–Trinajstić information content (AvgIpc) is 2.76. The highest BCUT2D eigenvalue weighted by molar-refractivity contribution is 6.33. The van der Waals surface area contributed by atoms with Crippen LogP contribution in [0.15, 0.2) is 35.5 Å². The van der Waals surface area contributed by atoms with Crippen LogP contribution in [0.2, 0.25) is 5.02 Å². The predicted molar refractivity (Wildman–Crippen MR) is 120 cm³/mol. The molecule has 1 aliphatic carbocycles. The number of methoxy groups -OCH3 is 1. The Labute approximate surface area is 177 Å². The van der Waals surface area contributed by atoms with Crippen molar-refractivity contribution in [3.8, 4) is 11.1 Å². The maximum atomic E-state index is 6.50. The van der Waals surface area contributed by atoms with Crippen LogP contribution in [0.4, 0.5) is 5.82 Å². The molecule has 2 heterocycles. The highest BCUT2D eigenvalue weighted by Gasteiger charge is 2.21. The number of anilines is 1. The summed E-state index contributed by atoms with van der Waals surface area (Å²) >= 11 is 6.50. The largest absolute Gasteiger partial charge is 0.383 e. The van der Waals surface area contributed by atoms with Crippen LogP contribution in [0.5, 0.6) is 0 Å². The maximum Gasteiger partial charge on any atom is 0.126 e. The van der Waals surface area contributed by atoms with Gasteiger partial charge in [-0.15, -0.1) is 0 Å². The lowest BCUT2D eigenvalue weighted by atomic mass is 9.91. The number of hydrogen-bond donors (Lipinski definition) is 2. The zero-order chi connectivity index (χ0) is 20.1. The van der Waals surface area contributed by atoms with E-state index >= 15 is 0 Å². The third-order valence-corrected chi connectivity index (χ3v) is 6.17. The van der Waals surface area contributed by atoms with Crippen LogP contribution in [0, 0.1) is 0 Å². The number of hydrogen-bond acceptors (Lipinski definition) is 5. The van der Waals surface area contributed by atoms with Crippen LogP contribution in [-0.4, -0.2) is 50.1 Å². The first-order chi connectivity index (χ1) is 14.2. The lowest BCUT2D eigenvalue weighted by Crippen LogP contribution is -2.38. The molecule has 0 radical (unpaired) electrons. The third-order valence-electron chi connectivity index (χ3n) is 5.87. The fraction of sp³-hybridized carbons (Fsp3) is 0.478. The highest BCUT2D eigenvalue weighted by atomic mass is 35.5. The molecule has 4 rings (SSSR count).